The van der Waals surface area contributed by atoms with E-state index in [9.17, 15) is 42.3 Å². The largest absolute Gasteiger partial charge is 0.483 e. The van der Waals surface area contributed by atoms with Crippen molar-refractivity contribution in [3.63, 3.8) is 0 Å². The van der Waals surface area contributed by atoms with Crippen LogP contribution in [0.3, 0.4) is 0 Å². The Morgan fingerprint density at radius 3 is 2.38 bits per heavy atom. The lowest BCUT2D eigenvalue weighted by Crippen LogP contribution is -2.52. The number of halogens is 1. The van der Waals surface area contributed by atoms with Crippen molar-refractivity contribution >= 4 is 79.9 Å². The molecule has 0 radical (unpaired) electrons. The summed E-state index contributed by atoms with van der Waals surface area (Å²) in [5.41, 5.74) is 2.30. The van der Waals surface area contributed by atoms with Crippen LogP contribution in [-0.4, -0.2) is 102 Å². The first-order valence-electron chi connectivity index (χ1n) is 20.4. The Hall–Kier alpha value is -6.02. The Balaban J connectivity index is 0.919. The first-order chi connectivity index (χ1) is 30.3. The number of carboxylic acid groups (broad SMARTS) is 1. The number of nitrogens with one attached hydrogen (secondary N) is 3. The minimum atomic E-state index is -3.74. The van der Waals surface area contributed by atoms with Gasteiger partial charge in [-0.25, -0.2) is 22.3 Å². The zero-order valence-electron chi connectivity index (χ0n) is 35.1. The fourth-order valence-electron chi connectivity index (χ4n) is 7.64. The number of aliphatic carboxylic acids is 1. The third-order valence-electron chi connectivity index (χ3n) is 10.5. The van der Waals surface area contributed by atoms with Gasteiger partial charge < -0.3 is 34.9 Å². The number of imide groups is 1. The molecule has 338 valence electrons. The number of rotatable bonds is 15. The fraction of sp³-hybridized carbons (Fsp3) is 0.364. The van der Waals surface area contributed by atoms with E-state index in [1.807, 2.05) is 12.1 Å². The normalized spacial score (nSPS) is 17.1. The standard InChI is InChI=1S/C44H46ClN5O12S2/c1-44(2,3)62-43(57)40-38(61-23-36(53)54)37(45)39(63-40)26-8-5-10-29(20-26)46-27-15-17-49(18-16-27)64(58,59)24-25-7-4-9-28(19-25)47-35(52)22-60-33-12-6-11-30-31(33)21-50(42(30)56)32-13-14-34(51)48-41(32)55/h4-12,19-20,27,32,46H,13-18,21-24H2,1-3H3,(H,47,52)(H,53,54)(H,48,51,55). The molecule has 3 aromatic carbocycles. The first kappa shape index (κ1) is 46.0. The van der Waals surface area contributed by atoms with Crippen LogP contribution in [0.15, 0.2) is 66.7 Å². The maximum atomic E-state index is 13.6. The molecule has 0 saturated carbocycles. The SMILES string of the molecule is CC(C)(C)OC(=O)c1sc(-c2cccc(NC3CCN(S(=O)(=O)Cc4cccc(NC(=O)COc5cccc6c5CN(C5CCC(=O)NC5=O)C6=O)c4)CC3)c2)c(Cl)c1OCC(=O)O. The first-order valence-corrected chi connectivity index (χ1v) is 23.2. The van der Waals surface area contributed by atoms with E-state index >= 15 is 0 Å². The number of carbonyl (C=O) groups is 6. The Labute approximate surface area is 378 Å². The van der Waals surface area contributed by atoms with Crippen LogP contribution in [0.4, 0.5) is 11.4 Å². The third kappa shape index (κ3) is 10.8. The number of benzene rings is 3. The van der Waals surface area contributed by atoms with Gasteiger partial charge >= 0.3 is 11.9 Å². The summed E-state index contributed by atoms with van der Waals surface area (Å²) in [6, 6.07) is 17.9. The summed E-state index contributed by atoms with van der Waals surface area (Å²) in [7, 11) is -3.74. The number of carbonyl (C=O) groups excluding carboxylic acids is 5. The van der Waals surface area contributed by atoms with Gasteiger partial charge in [-0.05, 0) is 87.6 Å². The van der Waals surface area contributed by atoms with Gasteiger partial charge in [0.25, 0.3) is 11.8 Å². The van der Waals surface area contributed by atoms with Gasteiger partial charge in [0.15, 0.2) is 23.8 Å². The minimum absolute atomic E-state index is 0.0417. The summed E-state index contributed by atoms with van der Waals surface area (Å²) in [6.07, 6.45) is 1.37. The third-order valence-corrected chi connectivity index (χ3v) is 14.1. The van der Waals surface area contributed by atoms with Crippen LogP contribution in [0.25, 0.3) is 10.4 Å². The molecule has 0 bridgehead atoms. The quantitative estimate of drug-likeness (QED) is 0.0834. The summed E-state index contributed by atoms with van der Waals surface area (Å²) in [4.78, 5) is 76.5. The molecule has 1 atom stereocenters. The number of amides is 4. The van der Waals surface area contributed by atoms with Crippen LogP contribution in [0.5, 0.6) is 11.5 Å². The molecule has 7 rings (SSSR count). The highest BCUT2D eigenvalue weighted by Crippen LogP contribution is 2.46. The van der Waals surface area contributed by atoms with Crippen molar-refractivity contribution in [2.45, 2.75) is 76.4 Å². The van der Waals surface area contributed by atoms with Crippen molar-refractivity contribution in [2.75, 3.05) is 36.9 Å². The molecular formula is C44H46ClN5O12S2. The molecule has 1 unspecified atom stereocenters. The summed E-state index contributed by atoms with van der Waals surface area (Å²) in [5.74, 6) is -3.76. The van der Waals surface area contributed by atoms with E-state index < -0.39 is 58.6 Å². The van der Waals surface area contributed by atoms with Crippen molar-refractivity contribution in [1.29, 1.82) is 0 Å². The van der Waals surface area contributed by atoms with E-state index in [0.717, 1.165) is 17.0 Å². The van der Waals surface area contributed by atoms with E-state index in [1.54, 1.807) is 75.4 Å². The molecular weight excluding hydrogens is 890 g/mol. The highest BCUT2D eigenvalue weighted by Gasteiger charge is 2.40. The molecule has 3 aliphatic rings. The van der Waals surface area contributed by atoms with Gasteiger partial charge in [-0.2, -0.15) is 0 Å². The smallest absolute Gasteiger partial charge is 0.352 e. The second kappa shape index (κ2) is 19.0. The van der Waals surface area contributed by atoms with Crippen molar-refractivity contribution in [2.24, 2.45) is 0 Å². The topological polar surface area (TPSA) is 227 Å². The number of ether oxygens (including phenoxy) is 3. The van der Waals surface area contributed by atoms with E-state index in [1.165, 1.54) is 9.21 Å². The molecule has 4 aromatic rings. The lowest BCUT2D eigenvalue weighted by Gasteiger charge is -2.32. The molecule has 2 fully saturated rings. The van der Waals surface area contributed by atoms with Crippen molar-refractivity contribution in [3.05, 3.63) is 93.3 Å². The van der Waals surface area contributed by atoms with Crippen LogP contribution in [-0.2, 0) is 46.2 Å². The predicted molar refractivity (Wildman–Crippen MR) is 237 cm³/mol. The highest BCUT2D eigenvalue weighted by molar-refractivity contribution is 7.88. The average molecular weight is 936 g/mol. The Kier molecular flexibility index (Phi) is 13.6. The summed E-state index contributed by atoms with van der Waals surface area (Å²) < 4.78 is 45.4. The number of esters is 1. The molecule has 4 amide bonds. The van der Waals surface area contributed by atoms with Crippen LogP contribution in [0, 0.1) is 0 Å². The Morgan fingerprint density at radius 1 is 0.938 bits per heavy atom. The van der Waals surface area contributed by atoms with Crippen LogP contribution < -0.4 is 25.4 Å². The molecule has 20 heteroatoms. The van der Waals surface area contributed by atoms with E-state index in [4.69, 9.17) is 25.8 Å². The van der Waals surface area contributed by atoms with Crippen molar-refractivity contribution in [3.8, 4) is 21.9 Å². The number of nitrogens with zero attached hydrogens (tertiary/aromatic N) is 2. The summed E-state index contributed by atoms with van der Waals surface area (Å²) in [6.45, 7) is 4.65. The van der Waals surface area contributed by atoms with Gasteiger partial charge in [-0.15, -0.1) is 11.3 Å². The minimum Gasteiger partial charge on any atom is -0.483 e. The molecule has 0 aliphatic carbocycles. The van der Waals surface area contributed by atoms with Gasteiger partial charge in [-0.3, -0.25) is 24.5 Å². The molecule has 1 aromatic heterocycles. The number of piperidine rings is 2. The number of thiophene rings is 1. The Bertz CT molecular complexity index is 2620. The molecule has 3 aliphatic heterocycles. The van der Waals surface area contributed by atoms with Crippen LogP contribution in [0.1, 0.15) is 77.6 Å². The zero-order valence-corrected chi connectivity index (χ0v) is 37.5. The monoisotopic (exact) mass is 935 g/mol. The number of hydrogen-bond acceptors (Lipinski definition) is 13. The molecule has 4 heterocycles. The Morgan fingerprint density at radius 2 is 1.66 bits per heavy atom. The second-order valence-electron chi connectivity index (χ2n) is 16.5. The second-order valence-corrected chi connectivity index (χ2v) is 19.8. The van der Waals surface area contributed by atoms with Gasteiger partial charge in [0.1, 0.15) is 22.4 Å². The van der Waals surface area contributed by atoms with Crippen molar-refractivity contribution in [1.82, 2.24) is 14.5 Å². The van der Waals surface area contributed by atoms with Gasteiger partial charge in [0, 0.05) is 48.1 Å². The van der Waals surface area contributed by atoms with Crippen LogP contribution in [0.2, 0.25) is 5.02 Å². The number of fused-ring (bicyclic) bond motifs is 1. The molecule has 2 saturated heterocycles. The number of carboxylic acids is 1. The van der Waals surface area contributed by atoms with Crippen molar-refractivity contribution < 1.29 is 56.5 Å². The fourth-order valence-corrected chi connectivity index (χ4v) is 10.6. The number of hydrogen-bond donors (Lipinski definition) is 4. The molecule has 17 nitrogen and oxygen atoms in total. The predicted octanol–water partition coefficient (Wildman–Crippen LogP) is 5.67. The lowest BCUT2D eigenvalue weighted by atomic mass is 10.0. The molecule has 4 N–H and O–H groups in total. The maximum absolute atomic E-state index is 13.6. The molecule has 0 spiro atoms. The zero-order chi connectivity index (χ0) is 45.9. The van der Waals surface area contributed by atoms with Gasteiger partial charge in [0.2, 0.25) is 21.8 Å². The highest BCUT2D eigenvalue weighted by atomic mass is 35.5. The van der Waals surface area contributed by atoms with Crippen LogP contribution >= 0.6 is 22.9 Å². The van der Waals surface area contributed by atoms with Gasteiger partial charge in [0.05, 0.1) is 17.2 Å². The average Bonchev–Trinajstić information content (AvgIpc) is 3.75. The lowest BCUT2D eigenvalue weighted by molar-refractivity contribution is -0.139. The van der Waals surface area contributed by atoms with E-state index in [2.05, 4.69) is 16.0 Å². The summed E-state index contributed by atoms with van der Waals surface area (Å²) >= 11 is 7.72. The number of anilines is 2. The maximum Gasteiger partial charge on any atom is 0.352 e. The van der Waals surface area contributed by atoms with E-state index in [0.29, 0.717) is 51.4 Å². The molecule has 64 heavy (non-hydrogen) atoms. The summed E-state index contributed by atoms with van der Waals surface area (Å²) in [5, 5.41) is 17.8. The van der Waals surface area contributed by atoms with Gasteiger partial charge in [-0.1, -0.05) is 41.9 Å². The number of sulfonamides is 1. The van der Waals surface area contributed by atoms with E-state index in [-0.39, 0.29) is 71.7 Å².